The second-order valence-electron chi connectivity index (χ2n) is 5.03. The van der Waals surface area contributed by atoms with Crippen molar-refractivity contribution in [3.63, 3.8) is 0 Å². The van der Waals surface area contributed by atoms with Crippen molar-refractivity contribution in [2.24, 2.45) is 0 Å². The molecule has 0 fully saturated rings. The van der Waals surface area contributed by atoms with Crippen LogP contribution in [0.1, 0.15) is 16.7 Å². The van der Waals surface area contributed by atoms with E-state index in [1.165, 1.54) is 16.7 Å². The minimum absolute atomic E-state index is 0.420. The van der Waals surface area contributed by atoms with Crippen LogP contribution in [0.5, 0.6) is 0 Å². The van der Waals surface area contributed by atoms with E-state index in [9.17, 15) is 0 Å². The molecule has 14 heavy (non-hydrogen) atoms. The fourth-order valence-electron chi connectivity index (χ4n) is 1.68. The van der Waals surface area contributed by atoms with Crippen LogP contribution in [-0.2, 0) is 0 Å². The van der Waals surface area contributed by atoms with Gasteiger partial charge in [-0.3, -0.25) is 0 Å². The van der Waals surface area contributed by atoms with Crippen LogP contribution in [0.4, 0.5) is 0 Å². The van der Waals surface area contributed by atoms with E-state index in [2.05, 4.69) is 52.5 Å². The van der Waals surface area contributed by atoms with Gasteiger partial charge in [-0.25, -0.2) is 0 Å². The van der Waals surface area contributed by atoms with Gasteiger partial charge in [0.1, 0.15) is 0 Å². The number of benzene rings is 1. The summed E-state index contributed by atoms with van der Waals surface area (Å²) in [5.74, 6) is 0. The van der Waals surface area contributed by atoms with Crippen molar-refractivity contribution in [3.8, 4) is 0 Å². The monoisotopic (exact) mass is 267 g/mol. The molecule has 1 aromatic rings. The van der Waals surface area contributed by atoms with E-state index in [-0.39, 0.29) is 0 Å². The first kappa shape index (κ1) is 12.1. The molecule has 2 heteroatoms. The van der Waals surface area contributed by atoms with E-state index in [4.69, 9.17) is 0 Å². The molecule has 0 bridgehead atoms. The molecule has 0 saturated heterocycles. The number of hydrogen-bond donors (Lipinski definition) is 0. The van der Waals surface area contributed by atoms with E-state index >= 15 is 0 Å². The molecule has 1 aromatic carbocycles. The molecular weight excluding hydrogens is 247 g/mol. The summed E-state index contributed by atoms with van der Waals surface area (Å²) < 4.78 is 1.69. The van der Waals surface area contributed by atoms with Crippen molar-refractivity contribution in [3.05, 3.63) is 28.8 Å². The topological polar surface area (TPSA) is 0 Å². The molecule has 0 aromatic heterocycles. The van der Waals surface area contributed by atoms with Gasteiger partial charge in [-0.1, -0.05) is 0 Å². The van der Waals surface area contributed by atoms with Crippen molar-refractivity contribution in [2.45, 2.75) is 40.4 Å². The molecule has 0 heterocycles. The Morgan fingerprint density at radius 1 is 0.929 bits per heavy atom. The number of aryl methyl sites for hydroxylation is 3. The summed E-state index contributed by atoms with van der Waals surface area (Å²) in [7, 11) is 0. The van der Waals surface area contributed by atoms with Crippen LogP contribution in [0, 0.1) is 20.8 Å². The van der Waals surface area contributed by atoms with Crippen LogP contribution in [0.3, 0.4) is 0 Å². The first-order valence-corrected chi connectivity index (χ1v) is 12.3. The third-order valence-corrected chi connectivity index (χ3v) is 10.1. The normalized spacial score (nSPS) is 12.7. The third kappa shape index (κ3) is 3.29. The molecule has 1 radical (unpaired) electrons. The summed E-state index contributed by atoms with van der Waals surface area (Å²) in [6, 6.07) is 4.66. The summed E-state index contributed by atoms with van der Waals surface area (Å²) in [5.41, 5.74) is 4.44. The van der Waals surface area contributed by atoms with E-state index < -0.39 is 6.54 Å². The van der Waals surface area contributed by atoms with Crippen molar-refractivity contribution < 1.29 is 0 Å². The van der Waals surface area contributed by atoms with Crippen LogP contribution < -0.4 is 4.35 Å². The average Bonchev–Trinajstić information content (AvgIpc) is 1.95. The number of hydrogen-bond acceptors (Lipinski definition) is 0. The second-order valence-corrected chi connectivity index (χ2v) is 20.4. The summed E-state index contributed by atoms with van der Waals surface area (Å²) >= 11 is 0.420. The Kier molecular flexibility index (Phi) is 3.66. The number of rotatable bonds is 2. The van der Waals surface area contributed by atoms with Gasteiger partial charge in [-0.05, 0) is 0 Å². The molecule has 0 amide bonds. The van der Waals surface area contributed by atoms with E-state index in [0.29, 0.717) is 15.1 Å². The Morgan fingerprint density at radius 3 is 1.71 bits per heavy atom. The van der Waals surface area contributed by atoms with Crippen molar-refractivity contribution in [1.29, 1.82) is 0 Å². The average molecular weight is 267 g/mol. The fraction of sp³-hybridized carbons (Fsp3) is 0.500. The molecule has 0 aliphatic rings. The molecule has 0 N–H and O–H groups in total. The summed E-state index contributed by atoms with van der Waals surface area (Å²) in [4.78, 5) is 0. The van der Waals surface area contributed by atoms with Gasteiger partial charge in [0.25, 0.3) is 0 Å². The van der Waals surface area contributed by atoms with Crippen LogP contribution in [0.2, 0.25) is 19.6 Å². The first-order valence-electron chi connectivity index (χ1n) is 5.10. The van der Waals surface area contributed by atoms with E-state index in [1.54, 1.807) is 4.35 Å². The third-order valence-electron chi connectivity index (χ3n) is 2.08. The molecule has 0 saturated carbocycles. The minimum atomic E-state index is -0.884. The second kappa shape index (κ2) is 4.24. The SMILES string of the molecule is Cc1cc(C)c([As][Si](C)(C)C)c(C)c1. The zero-order valence-corrected chi connectivity index (χ0v) is 13.0. The van der Waals surface area contributed by atoms with Gasteiger partial charge in [0.2, 0.25) is 0 Å². The maximum absolute atomic E-state index is 2.48. The molecule has 0 atom stereocenters. The molecule has 0 spiro atoms. The molecule has 0 aliphatic carbocycles. The Balaban J connectivity index is 3.09. The van der Waals surface area contributed by atoms with Crippen molar-refractivity contribution in [1.82, 2.24) is 0 Å². The molecule has 0 nitrogen and oxygen atoms in total. The Morgan fingerprint density at radius 2 is 1.36 bits per heavy atom. The predicted molar refractivity (Wildman–Crippen MR) is 69.4 cm³/mol. The Labute approximate surface area is 95.2 Å². The zero-order valence-electron chi connectivity index (χ0n) is 10.1. The van der Waals surface area contributed by atoms with Crippen molar-refractivity contribution in [2.75, 3.05) is 0 Å². The molecular formula is C12H20AsSi. The zero-order chi connectivity index (χ0) is 10.9. The van der Waals surface area contributed by atoms with Crippen molar-refractivity contribution >= 4 is 26.0 Å². The van der Waals surface area contributed by atoms with Gasteiger partial charge in [0.15, 0.2) is 0 Å². The van der Waals surface area contributed by atoms with Crippen LogP contribution in [-0.4, -0.2) is 21.6 Å². The fourth-order valence-corrected chi connectivity index (χ4v) is 9.42. The Hall–Kier alpha value is -0.00468. The maximum atomic E-state index is 2.48. The van der Waals surface area contributed by atoms with Gasteiger partial charge in [-0.15, -0.1) is 0 Å². The van der Waals surface area contributed by atoms with E-state index in [0.717, 1.165) is 0 Å². The van der Waals surface area contributed by atoms with Crippen LogP contribution >= 0.6 is 0 Å². The predicted octanol–water partition coefficient (Wildman–Crippen LogP) is 2.78. The summed E-state index contributed by atoms with van der Waals surface area (Å²) in [5, 5.41) is 0. The standard InChI is InChI=1S/C12H20AsSi/c1-9-7-10(2)12(11(3)8-9)13-14(4,5)6/h7-8H,1-6H3. The van der Waals surface area contributed by atoms with Gasteiger partial charge >= 0.3 is 95.2 Å². The van der Waals surface area contributed by atoms with Crippen LogP contribution in [0.15, 0.2) is 12.1 Å². The summed E-state index contributed by atoms with van der Waals surface area (Å²) in [6.45, 7) is 13.3. The quantitative estimate of drug-likeness (QED) is 0.723. The molecule has 0 aliphatic heterocycles. The van der Waals surface area contributed by atoms with Gasteiger partial charge in [0.05, 0.1) is 0 Å². The van der Waals surface area contributed by atoms with E-state index in [1.807, 2.05) is 0 Å². The molecule has 0 unspecified atom stereocenters. The van der Waals surface area contributed by atoms with Gasteiger partial charge in [-0.2, -0.15) is 0 Å². The van der Waals surface area contributed by atoms with Crippen LogP contribution in [0.25, 0.3) is 0 Å². The molecule has 77 valence electrons. The molecule has 1 rings (SSSR count). The van der Waals surface area contributed by atoms with Gasteiger partial charge < -0.3 is 0 Å². The van der Waals surface area contributed by atoms with Gasteiger partial charge in [0, 0.05) is 0 Å². The Bertz CT molecular complexity index is 314. The first-order chi connectivity index (χ1) is 6.29. The summed E-state index contributed by atoms with van der Waals surface area (Å²) in [6.07, 6.45) is 0.